The van der Waals surface area contributed by atoms with E-state index in [2.05, 4.69) is 31.2 Å². The Balaban J connectivity index is 2.41. The van der Waals surface area contributed by atoms with Gasteiger partial charge in [0, 0.05) is 12.7 Å². The third-order valence-electron chi connectivity index (χ3n) is 1.79. The Hall–Kier alpha value is -0.680. The van der Waals surface area contributed by atoms with Crippen molar-refractivity contribution < 1.29 is 5.11 Å². The summed E-state index contributed by atoms with van der Waals surface area (Å²) in [6.07, 6.45) is 4.60. The molecule has 2 N–H and O–H groups in total. The first-order valence-electron chi connectivity index (χ1n) is 4.61. The Morgan fingerprint density at radius 2 is 2.43 bits per heavy atom. The molecule has 5 heteroatoms. The molecule has 0 aliphatic rings. The topological polar surface area (TPSA) is 58.0 Å². The monoisotopic (exact) mass is 259 g/mol. The molecule has 78 valence electrons. The van der Waals surface area contributed by atoms with Gasteiger partial charge in [0.25, 0.3) is 0 Å². The van der Waals surface area contributed by atoms with Gasteiger partial charge in [0.2, 0.25) is 0 Å². The molecule has 0 radical (unpaired) electrons. The second-order valence-corrected chi connectivity index (χ2v) is 3.90. The average Bonchev–Trinajstić information content (AvgIpc) is 2.17. The first kappa shape index (κ1) is 11.4. The molecule has 0 spiro atoms. The van der Waals surface area contributed by atoms with Crippen molar-refractivity contribution in [3.63, 3.8) is 0 Å². The SMILES string of the molecule is CCCC(O)CNc1ncncc1Br. The van der Waals surface area contributed by atoms with Gasteiger partial charge in [-0.2, -0.15) is 0 Å². The Labute approximate surface area is 91.9 Å². The maximum absolute atomic E-state index is 9.48. The summed E-state index contributed by atoms with van der Waals surface area (Å²) in [5.74, 6) is 0.718. The van der Waals surface area contributed by atoms with E-state index in [1.54, 1.807) is 6.20 Å². The highest BCUT2D eigenvalue weighted by atomic mass is 79.9. The fourth-order valence-electron chi connectivity index (χ4n) is 1.09. The normalized spacial score (nSPS) is 12.5. The molecule has 1 atom stereocenters. The number of rotatable bonds is 5. The highest BCUT2D eigenvalue weighted by Crippen LogP contribution is 2.16. The fourth-order valence-corrected chi connectivity index (χ4v) is 1.45. The van der Waals surface area contributed by atoms with Crippen LogP contribution < -0.4 is 5.32 Å². The Bertz CT molecular complexity index is 283. The summed E-state index contributed by atoms with van der Waals surface area (Å²) in [5.41, 5.74) is 0. The van der Waals surface area contributed by atoms with Crippen LogP contribution in [0.25, 0.3) is 0 Å². The Morgan fingerprint density at radius 1 is 1.64 bits per heavy atom. The molecule has 0 aliphatic heterocycles. The van der Waals surface area contributed by atoms with Crippen LogP contribution in [-0.4, -0.2) is 27.7 Å². The summed E-state index contributed by atoms with van der Waals surface area (Å²) >= 11 is 3.32. The smallest absolute Gasteiger partial charge is 0.143 e. The standard InChI is InChI=1S/C9H14BrN3O/c1-2-3-7(14)4-12-9-8(10)5-11-6-13-9/h5-7,14H,2-4H2,1H3,(H,11,12,13). The highest BCUT2D eigenvalue weighted by Gasteiger charge is 2.04. The van der Waals surface area contributed by atoms with E-state index in [4.69, 9.17) is 0 Å². The van der Waals surface area contributed by atoms with Crippen molar-refractivity contribution in [3.05, 3.63) is 17.0 Å². The van der Waals surface area contributed by atoms with E-state index in [1.165, 1.54) is 6.33 Å². The third-order valence-corrected chi connectivity index (χ3v) is 2.37. The number of nitrogens with zero attached hydrogens (tertiary/aromatic N) is 2. The van der Waals surface area contributed by atoms with E-state index < -0.39 is 0 Å². The summed E-state index contributed by atoms with van der Waals surface area (Å²) in [4.78, 5) is 7.88. The third kappa shape index (κ3) is 3.59. The van der Waals surface area contributed by atoms with E-state index in [9.17, 15) is 5.11 Å². The molecule has 1 aromatic heterocycles. The molecule has 0 saturated heterocycles. The second kappa shape index (κ2) is 5.93. The predicted molar refractivity (Wildman–Crippen MR) is 59.1 cm³/mol. The number of hydrogen-bond donors (Lipinski definition) is 2. The zero-order chi connectivity index (χ0) is 10.4. The lowest BCUT2D eigenvalue weighted by atomic mass is 10.2. The summed E-state index contributed by atoms with van der Waals surface area (Å²) in [6, 6.07) is 0. The Kier molecular flexibility index (Phi) is 4.82. The van der Waals surface area contributed by atoms with Gasteiger partial charge in [-0.25, -0.2) is 9.97 Å². The van der Waals surface area contributed by atoms with Gasteiger partial charge in [-0.1, -0.05) is 13.3 Å². The zero-order valence-electron chi connectivity index (χ0n) is 8.07. The van der Waals surface area contributed by atoms with E-state index in [1.807, 2.05) is 6.92 Å². The molecule has 1 rings (SSSR count). The molecule has 4 nitrogen and oxygen atoms in total. The van der Waals surface area contributed by atoms with Crippen LogP contribution in [0.4, 0.5) is 5.82 Å². The first-order chi connectivity index (χ1) is 6.74. The lowest BCUT2D eigenvalue weighted by Crippen LogP contribution is -2.19. The second-order valence-electron chi connectivity index (χ2n) is 3.04. The number of nitrogens with one attached hydrogen (secondary N) is 1. The van der Waals surface area contributed by atoms with Crippen LogP contribution in [0, 0.1) is 0 Å². The van der Waals surface area contributed by atoms with Crippen LogP contribution in [0.2, 0.25) is 0 Å². The molecule has 1 heterocycles. The van der Waals surface area contributed by atoms with E-state index in [0.717, 1.165) is 23.1 Å². The van der Waals surface area contributed by atoms with Crippen molar-refractivity contribution >= 4 is 21.7 Å². The van der Waals surface area contributed by atoms with Crippen LogP contribution in [-0.2, 0) is 0 Å². The van der Waals surface area contributed by atoms with E-state index >= 15 is 0 Å². The van der Waals surface area contributed by atoms with Gasteiger partial charge >= 0.3 is 0 Å². The van der Waals surface area contributed by atoms with Gasteiger partial charge in [-0.3, -0.25) is 0 Å². The van der Waals surface area contributed by atoms with Gasteiger partial charge in [0.15, 0.2) is 0 Å². The molecule has 0 fully saturated rings. The van der Waals surface area contributed by atoms with Crippen molar-refractivity contribution in [2.24, 2.45) is 0 Å². The maximum atomic E-state index is 9.48. The number of anilines is 1. The number of aliphatic hydroxyl groups is 1. The van der Waals surface area contributed by atoms with E-state index in [-0.39, 0.29) is 6.10 Å². The zero-order valence-corrected chi connectivity index (χ0v) is 9.66. The van der Waals surface area contributed by atoms with Crippen LogP contribution in [0.1, 0.15) is 19.8 Å². The molecular formula is C9H14BrN3O. The summed E-state index contributed by atoms with van der Waals surface area (Å²) < 4.78 is 0.809. The van der Waals surface area contributed by atoms with Gasteiger partial charge in [0.1, 0.15) is 12.1 Å². The maximum Gasteiger partial charge on any atom is 0.143 e. The van der Waals surface area contributed by atoms with Crippen LogP contribution in [0.5, 0.6) is 0 Å². The minimum atomic E-state index is -0.318. The van der Waals surface area contributed by atoms with Crippen molar-refractivity contribution in [1.29, 1.82) is 0 Å². The fraction of sp³-hybridized carbons (Fsp3) is 0.556. The molecule has 0 saturated carbocycles. The van der Waals surface area contributed by atoms with Crippen molar-refractivity contribution in [2.75, 3.05) is 11.9 Å². The van der Waals surface area contributed by atoms with Crippen LogP contribution >= 0.6 is 15.9 Å². The van der Waals surface area contributed by atoms with Gasteiger partial charge in [0.05, 0.1) is 10.6 Å². The Morgan fingerprint density at radius 3 is 3.07 bits per heavy atom. The quantitative estimate of drug-likeness (QED) is 0.847. The first-order valence-corrected chi connectivity index (χ1v) is 5.40. The summed E-state index contributed by atoms with van der Waals surface area (Å²) in [6.45, 7) is 2.56. The largest absolute Gasteiger partial charge is 0.391 e. The minimum Gasteiger partial charge on any atom is -0.391 e. The van der Waals surface area contributed by atoms with Crippen LogP contribution in [0.15, 0.2) is 17.0 Å². The summed E-state index contributed by atoms with van der Waals surface area (Å²) in [5, 5.41) is 12.5. The predicted octanol–water partition coefficient (Wildman–Crippen LogP) is 1.81. The van der Waals surface area contributed by atoms with Crippen molar-refractivity contribution in [1.82, 2.24) is 9.97 Å². The number of halogens is 1. The van der Waals surface area contributed by atoms with Crippen LogP contribution in [0.3, 0.4) is 0 Å². The molecular weight excluding hydrogens is 246 g/mol. The van der Waals surface area contributed by atoms with Gasteiger partial charge in [-0.05, 0) is 22.4 Å². The number of aliphatic hydroxyl groups excluding tert-OH is 1. The van der Waals surface area contributed by atoms with E-state index in [0.29, 0.717) is 6.54 Å². The molecule has 1 unspecified atom stereocenters. The molecule has 0 aromatic carbocycles. The number of aromatic nitrogens is 2. The molecule has 1 aromatic rings. The van der Waals surface area contributed by atoms with Gasteiger partial charge in [-0.15, -0.1) is 0 Å². The lowest BCUT2D eigenvalue weighted by Gasteiger charge is -2.11. The molecule has 14 heavy (non-hydrogen) atoms. The van der Waals surface area contributed by atoms with Crippen molar-refractivity contribution in [3.8, 4) is 0 Å². The highest BCUT2D eigenvalue weighted by molar-refractivity contribution is 9.10. The van der Waals surface area contributed by atoms with Gasteiger partial charge < -0.3 is 10.4 Å². The molecule has 0 bridgehead atoms. The average molecular weight is 260 g/mol. The lowest BCUT2D eigenvalue weighted by molar-refractivity contribution is 0.176. The van der Waals surface area contributed by atoms with Crippen molar-refractivity contribution in [2.45, 2.75) is 25.9 Å². The number of hydrogen-bond acceptors (Lipinski definition) is 4. The molecule has 0 aliphatic carbocycles. The minimum absolute atomic E-state index is 0.318. The summed E-state index contributed by atoms with van der Waals surface area (Å²) in [7, 11) is 0. The molecule has 0 amide bonds.